The quantitative estimate of drug-likeness (QED) is 0.825. The Labute approximate surface area is 131 Å². The normalized spacial score (nSPS) is 10.7. The number of aromatic nitrogens is 2. The SMILES string of the molecule is CCN(CC)CCNC(=O)Nc1ccc(-n2ccnc2)cc1. The summed E-state index contributed by atoms with van der Waals surface area (Å²) < 4.78 is 1.91. The van der Waals surface area contributed by atoms with Crippen molar-refractivity contribution in [2.75, 3.05) is 31.5 Å². The average Bonchev–Trinajstić information content (AvgIpc) is 3.07. The molecule has 1 heterocycles. The minimum Gasteiger partial charge on any atom is -0.337 e. The summed E-state index contributed by atoms with van der Waals surface area (Å²) in [4.78, 5) is 18.1. The second-order valence-corrected chi connectivity index (χ2v) is 4.92. The monoisotopic (exact) mass is 301 g/mol. The molecule has 2 amide bonds. The van der Waals surface area contributed by atoms with Gasteiger partial charge in [-0.05, 0) is 37.4 Å². The van der Waals surface area contributed by atoms with Crippen molar-refractivity contribution in [3.05, 3.63) is 43.0 Å². The number of carbonyl (C=O) groups excluding carboxylic acids is 1. The number of hydrogen-bond acceptors (Lipinski definition) is 3. The molecule has 0 unspecified atom stereocenters. The van der Waals surface area contributed by atoms with Crippen molar-refractivity contribution in [1.29, 1.82) is 0 Å². The largest absolute Gasteiger partial charge is 0.337 e. The smallest absolute Gasteiger partial charge is 0.319 e. The van der Waals surface area contributed by atoms with Crippen LogP contribution in [0.1, 0.15) is 13.8 Å². The van der Waals surface area contributed by atoms with Crippen LogP contribution in [-0.4, -0.2) is 46.7 Å². The van der Waals surface area contributed by atoms with Gasteiger partial charge >= 0.3 is 6.03 Å². The van der Waals surface area contributed by atoms with Crippen molar-refractivity contribution in [1.82, 2.24) is 19.8 Å². The standard InChI is InChI=1S/C16H23N5O/c1-3-20(4-2)11-10-18-16(22)19-14-5-7-15(8-6-14)21-12-9-17-13-21/h5-9,12-13H,3-4,10-11H2,1-2H3,(H2,18,19,22). The minimum absolute atomic E-state index is 0.178. The van der Waals surface area contributed by atoms with Crippen LogP contribution in [0.3, 0.4) is 0 Å². The Balaban J connectivity index is 1.79. The molecule has 0 radical (unpaired) electrons. The molecule has 118 valence electrons. The maximum Gasteiger partial charge on any atom is 0.319 e. The molecular formula is C16H23N5O. The number of carbonyl (C=O) groups is 1. The number of amides is 2. The number of imidazole rings is 1. The van der Waals surface area contributed by atoms with E-state index < -0.39 is 0 Å². The van der Waals surface area contributed by atoms with Gasteiger partial charge in [-0.25, -0.2) is 9.78 Å². The van der Waals surface area contributed by atoms with Crippen molar-refractivity contribution in [3.63, 3.8) is 0 Å². The van der Waals surface area contributed by atoms with E-state index >= 15 is 0 Å². The summed E-state index contributed by atoms with van der Waals surface area (Å²) in [6.07, 6.45) is 5.35. The maximum atomic E-state index is 11.8. The lowest BCUT2D eigenvalue weighted by atomic mass is 10.3. The van der Waals surface area contributed by atoms with E-state index in [2.05, 4.69) is 34.4 Å². The van der Waals surface area contributed by atoms with Gasteiger partial charge in [0.15, 0.2) is 0 Å². The first-order chi connectivity index (χ1) is 10.7. The molecule has 0 atom stereocenters. The summed E-state index contributed by atoms with van der Waals surface area (Å²) in [6.45, 7) is 7.72. The lowest BCUT2D eigenvalue weighted by molar-refractivity contribution is 0.248. The molecule has 0 aliphatic heterocycles. The van der Waals surface area contributed by atoms with Crippen LogP contribution in [0.2, 0.25) is 0 Å². The van der Waals surface area contributed by atoms with Gasteiger partial charge in [0.2, 0.25) is 0 Å². The Morgan fingerprint density at radius 1 is 1.23 bits per heavy atom. The number of rotatable bonds is 7. The van der Waals surface area contributed by atoms with E-state index in [0.29, 0.717) is 6.54 Å². The van der Waals surface area contributed by atoms with E-state index in [1.54, 1.807) is 12.5 Å². The molecule has 0 aliphatic rings. The molecule has 0 saturated heterocycles. The van der Waals surface area contributed by atoms with E-state index in [1.807, 2.05) is 35.0 Å². The van der Waals surface area contributed by atoms with Gasteiger partial charge in [0.1, 0.15) is 0 Å². The van der Waals surface area contributed by atoms with Crippen LogP contribution in [-0.2, 0) is 0 Å². The highest BCUT2D eigenvalue weighted by Crippen LogP contribution is 2.12. The Hall–Kier alpha value is -2.34. The van der Waals surface area contributed by atoms with Gasteiger partial charge < -0.3 is 20.1 Å². The van der Waals surface area contributed by atoms with Gasteiger partial charge in [0, 0.05) is 36.9 Å². The van der Waals surface area contributed by atoms with Crippen molar-refractivity contribution >= 4 is 11.7 Å². The third-order valence-electron chi connectivity index (χ3n) is 3.54. The van der Waals surface area contributed by atoms with E-state index in [1.165, 1.54) is 0 Å². The van der Waals surface area contributed by atoms with Gasteiger partial charge in [-0.15, -0.1) is 0 Å². The second kappa shape index (κ2) is 8.19. The van der Waals surface area contributed by atoms with Gasteiger partial charge in [-0.2, -0.15) is 0 Å². The Morgan fingerprint density at radius 2 is 1.95 bits per heavy atom. The molecule has 0 saturated carbocycles. The Bertz CT molecular complexity index is 561. The van der Waals surface area contributed by atoms with Crippen LogP contribution in [0, 0.1) is 0 Å². The summed E-state index contributed by atoms with van der Waals surface area (Å²) in [5, 5.41) is 5.70. The molecule has 1 aromatic carbocycles. The van der Waals surface area contributed by atoms with Crippen molar-refractivity contribution in [2.45, 2.75) is 13.8 Å². The molecule has 0 fully saturated rings. The van der Waals surface area contributed by atoms with E-state index in [0.717, 1.165) is 31.0 Å². The molecule has 0 spiro atoms. The van der Waals surface area contributed by atoms with Crippen molar-refractivity contribution in [3.8, 4) is 5.69 Å². The number of nitrogens with one attached hydrogen (secondary N) is 2. The predicted octanol–water partition coefficient (Wildman–Crippen LogP) is 2.34. The minimum atomic E-state index is -0.178. The van der Waals surface area contributed by atoms with Crippen LogP contribution in [0.15, 0.2) is 43.0 Å². The molecule has 6 nitrogen and oxygen atoms in total. The molecular weight excluding hydrogens is 278 g/mol. The molecule has 2 aromatic rings. The van der Waals surface area contributed by atoms with Crippen LogP contribution >= 0.6 is 0 Å². The van der Waals surface area contributed by atoms with Crippen LogP contribution in [0.5, 0.6) is 0 Å². The zero-order chi connectivity index (χ0) is 15.8. The highest BCUT2D eigenvalue weighted by atomic mass is 16.2. The van der Waals surface area contributed by atoms with Crippen LogP contribution in [0.25, 0.3) is 5.69 Å². The highest BCUT2D eigenvalue weighted by molar-refractivity contribution is 5.89. The third-order valence-corrected chi connectivity index (χ3v) is 3.54. The predicted molar refractivity (Wildman–Crippen MR) is 88.4 cm³/mol. The lowest BCUT2D eigenvalue weighted by Crippen LogP contribution is -2.36. The number of nitrogens with zero attached hydrogens (tertiary/aromatic N) is 3. The van der Waals surface area contributed by atoms with E-state index in [4.69, 9.17) is 0 Å². The third kappa shape index (κ3) is 4.60. The van der Waals surface area contributed by atoms with Gasteiger partial charge in [0.05, 0.1) is 6.33 Å². The first-order valence-electron chi connectivity index (χ1n) is 7.58. The number of anilines is 1. The number of urea groups is 1. The molecule has 0 bridgehead atoms. The van der Waals surface area contributed by atoms with Crippen molar-refractivity contribution < 1.29 is 4.79 Å². The summed E-state index contributed by atoms with van der Waals surface area (Å²) in [6, 6.07) is 7.45. The fraction of sp³-hybridized carbons (Fsp3) is 0.375. The molecule has 0 aliphatic carbocycles. The number of hydrogen-bond donors (Lipinski definition) is 2. The Kier molecular flexibility index (Phi) is 5.97. The lowest BCUT2D eigenvalue weighted by Gasteiger charge is -2.18. The van der Waals surface area contributed by atoms with E-state index in [9.17, 15) is 4.79 Å². The fourth-order valence-electron chi connectivity index (χ4n) is 2.17. The second-order valence-electron chi connectivity index (χ2n) is 4.92. The molecule has 6 heteroatoms. The first-order valence-corrected chi connectivity index (χ1v) is 7.58. The molecule has 2 rings (SSSR count). The summed E-state index contributed by atoms with van der Waals surface area (Å²) in [5.74, 6) is 0. The Morgan fingerprint density at radius 3 is 2.55 bits per heavy atom. The molecule has 22 heavy (non-hydrogen) atoms. The first kappa shape index (κ1) is 16.0. The van der Waals surface area contributed by atoms with Gasteiger partial charge in [-0.1, -0.05) is 13.8 Å². The van der Waals surface area contributed by atoms with E-state index in [-0.39, 0.29) is 6.03 Å². The van der Waals surface area contributed by atoms with Gasteiger partial charge in [-0.3, -0.25) is 0 Å². The van der Waals surface area contributed by atoms with Crippen LogP contribution < -0.4 is 10.6 Å². The maximum absolute atomic E-state index is 11.8. The number of benzene rings is 1. The molecule has 2 N–H and O–H groups in total. The van der Waals surface area contributed by atoms with Crippen LogP contribution in [0.4, 0.5) is 10.5 Å². The summed E-state index contributed by atoms with van der Waals surface area (Å²) in [5.41, 5.74) is 1.77. The highest BCUT2D eigenvalue weighted by Gasteiger charge is 2.03. The average molecular weight is 301 g/mol. The number of likely N-dealkylation sites (N-methyl/N-ethyl adjacent to an activating group) is 1. The topological polar surface area (TPSA) is 62.2 Å². The molecule has 1 aromatic heterocycles. The van der Waals surface area contributed by atoms with Gasteiger partial charge in [0.25, 0.3) is 0 Å². The fourth-order valence-corrected chi connectivity index (χ4v) is 2.17. The zero-order valence-electron chi connectivity index (χ0n) is 13.1. The summed E-state index contributed by atoms with van der Waals surface area (Å²) >= 11 is 0. The van der Waals surface area contributed by atoms with Crippen molar-refractivity contribution in [2.24, 2.45) is 0 Å². The zero-order valence-corrected chi connectivity index (χ0v) is 13.1. The summed E-state index contributed by atoms with van der Waals surface area (Å²) in [7, 11) is 0.